The lowest BCUT2D eigenvalue weighted by molar-refractivity contribution is -0.139. The van der Waals surface area contributed by atoms with E-state index in [9.17, 15) is 14.7 Å². The molecule has 2 rings (SSSR count). The Morgan fingerprint density at radius 1 is 1.00 bits per heavy atom. The van der Waals surface area contributed by atoms with Crippen LogP contribution in [0.25, 0.3) is 0 Å². The number of carbonyl (C=O) groups is 2. The number of carboxylic acid groups (broad SMARTS) is 1. The maximum atomic E-state index is 11.9. The molecule has 0 heterocycles. The van der Waals surface area contributed by atoms with Gasteiger partial charge < -0.3 is 15.7 Å². The second-order valence-electron chi connectivity index (χ2n) is 4.65. The van der Waals surface area contributed by atoms with Crippen molar-refractivity contribution in [1.29, 1.82) is 0 Å². The number of nitrogens with one attached hydrogen (secondary N) is 2. The van der Waals surface area contributed by atoms with E-state index in [4.69, 9.17) is 0 Å². The molecule has 2 aromatic carbocycles. The number of rotatable bonds is 4. The molecule has 0 unspecified atom stereocenters. The van der Waals surface area contributed by atoms with Crippen LogP contribution in [0.15, 0.2) is 54.6 Å². The summed E-state index contributed by atoms with van der Waals surface area (Å²) >= 11 is 0. The highest BCUT2D eigenvalue weighted by molar-refractivity contribution is 5.92. The third kappa shape index (κ3) is 4.07. The maximum Gasteiger partial charge on any atom is 0.330 e. The van der Waals surface area contributed by atoms with E-state index < -0.39 is 18.0 Å². The minimum Gasteiger partial charge on any atom is -0.479 e. The standard InChI is InChI=1S/C16H16N2O3/c1-11-7-9-13(10-8-11)17-16(21)18-14(15(19)20)12-5-3-2-4-6-12/h2-10,14H,1H3,(H,19,20)(H2,17,18,21)/t14-/m0/s1. The Bertz CT molecular complexity index is 624. The van der Waals surface area contributed by atoms with E-state index >= 15 is 0 Å². The van der Waals surface area contributed by atoms with Crippen molar-refractivity contribution in [3.8, 4) is 0 Å². The molecule has 2 aromatic rings. The lowest BCUT2D eigenvalue weighted by Crippen LogP contribution is -2.36. The number of anilines is 1. The largest absolute Gasteiger partial charge is 0.479 e. The zero-order valence-electron chi connectivity index (χ0n) is 11.5. The molecular formula is C16H16N2O3. The molecule has 0 radical (unpaired) electrons. The SMILES string of the molecule is Cc1ccc(NC(=O)N[C@H](C(=O)O)c2ccccc2)cc1. The number of hydrogen-bond acceptors (Lipinski definition) is 2. The maximum absolute atomic E-state index is 11.9. The van der Waals surface area contributed by atoms with Crippen LogP contribution >= 0.6 is 0 Å². The lowest BCUT2D eigenvalue weighted by Gasteiger charge is -2.15. The van der Waals surface area contributed by atoms with Crippen molar-refractivity contribution in [3.05, 3.63) is 65.7 Å². The van der Waals surface area contributed by atoms with Gasteiger partial charge in [0.1, 0.15) is 0 Å². The molecular weight excluding hydrogens is 268 g/mol. The molecule has 0 aliphatic rings. The Labute approximate surface area is 122 Å². The zero-order chi connectivity index (χ0) is 15.2. The molecule has 5 nitrogen and oxygen atoms in total. The lowest BCUT2D eigenvalue weighted by atomic mass is 10.1. The quantitative estimate of drug-likeness (QED) is 0.807. The van der Waals surface area contributed by atoms with Gasteiger partial charge in [0.05, 0.1) is 0 Å². The predicted octanol–water partition coefficient (Wildman–Crippen LogP) is 2.94. The number of hydrogen-bond donors (Lipinski definition) is 3. The normalized spacial score (nSPS) is 11.5. The van der Waals surface area contributed by atoms with Crippen LogP contribution in [0.4, 0.5) is 10.5 Å². The van der Waals surface area contributed by atoms with Crippen molar-refractivity contribution in [2.24, 2.45) is 0 Å². The monoisotopic (exact) mass is 284 g/mol. The topological polar surface area (TPSA) is 78.4 Å². The average molecular weight is 284 g/mol. The van der Waals surface area contributed by atoms with Gasteiger partial charge in [-0.3, -0.25) is 0 Å². The Balaban J connectivity index is 2.05. The summed E-state index contributed by atoms with van der Waals surface area (Å²) < 4.78 is 0. The van der Waals surface area contributed by atoms with Gasteiger partial charge in [0, 0.05) is 5.69 Å². The van der Waals surface area contributed by atoms with Gasteiger partial charge in [0.2, 0.25) is 0 Å². The molecule has 2 amide bonds. The first-order valence-corrected chi connectivity index (χ1v) is 6.48. The minimum atomic E-state index is -1.11. The van der Waals surface area contributed by atoms with Crippen molar-refractivity contribution in [2.75, 3.05) is 5.32 Å². The Morgan fingerprint density at radius 2 is 1.62 bits per heavy atom. The van der Waals surface area contributed by atoms with E-state index in [2.05, 4.69) is 10.6 Å². The summed E-state index contributed by atoms with van der Waals surface area (Å²) in [5, 5.41) is 14.3. The number of carboxylic acids is 1. The van der Waals surface area contributed by atoms with Crippen LogP contribution in [0.3, 0.4) is 0 Å². The van der Waals surface area contributed by atoms with Gasteiger partial charge in [-0.1, -0.05) is 48.0 Å². The number of carbonyl (C=O) groups excluding carboxylic acids is 1. The summed E-state index contributed by atoms with van der Waals surface area (Å²) in [6.45, 7) is 1.94. The number of urea groups is 1. The second-order valence-corrected chi connectivity index (χ2v) is 4.65. The summed E-state index contributed by atoms with van der Waals surface area (Å²) in [4.78, 5) is 23.2. The number of aliphatic carboxylic acids is 1. The van der Waals surface area contributed by atoms with Gasteiger partial charge in [-0.15, -0.1) is 0 Å². The van der Waals surface area contributed by atoms with Gasteiger partial charge in [0.15, 0.2) is 6.04 Å². The van der Waals surface area contributed by atoms with Gasteiger partial charge in [-0.2, -0.15) is 0 Å². The van der Waals surface area contributed by atoms with E-state index in [1.54, 1.807) is 42.5 Å². The fourth-order valence-corrected chi connectivity index (χ4v) is 1.87. The highest BCUT2D eigenvalue weighted by Crippen LogP contribution is 2.14. The first-order chi connectivity index (χ1) is 10.1. The van der Waals surface area contributed by atoms with Crippen LogP contribution in [0.1, 0.15) is 17.2 Å². The molecule has 108 valence electrons. The highest BCUT2D eigenvalue weighted by Gasteiger charge is 2.21. The molecule has 0 spiro atoms. The van der Waals surface area contributed by atoms with Gasteiger partial charge in [0.25, 0.3) is 0 Å². The summed E-state index contributed by atoms with van der Waals surface area (Å²) in [6.07, 6.45) is 0. The summed E-state index contributed by atoms with van der Waals surface area (Å²) in [5.74, 6) is -1.11. The van der Waals surface area contributed by atoms with Crippen LogP contribution in [0.5, 0.6) is 0 Å². The minimum absolute atomic E-state index is 0.518. The van der Waals surface area contributed by atoms with Crippen LogP contribution in [0.2, 0.25) is 0 Å². The average Bonchev–Trinajstić information content (AvgIpc) is 2.48. The summed E-state index contributed by atoms with van der Waals surface area (Å²) in [7, 11) is 0. The Hall–Kier alpha value is -2.82. The molecule has 5 heteroatoms. The van der Waals surface area contributed by atoms with E-state index in [-0.39, 0.29) is 0 Å². The zero-order valence-corrected chi connectivity index (χ0v) is 11.5. The number of benzene rings is 2. The van der Waals surface area contributed by atoms with Gasteiger partial charge in [-0.05, 0) is 24.6 Å². The molecule has 3 N–H and O–H groups in total. The fraction of sp³-hybridized carbons (Fsp3) is 0.125. The number of amides is 2. The molecule has 0 aromatic heterocycles. The van der Waals surface area contributed by atoms with Crippen LogP contribution in [-0.2, 0) is 4.79 Å². The molecule has 21 heavy (non-hydrogen) atoms. The first-order valence-electron chi connectivity index (χ1n) is 6.48. The van der Waals surface area contributed by atoms with Crippen molar-refractivity contribution in [2.45, 2.75) is 13.0 Å². The van der Waals surface area contributed by atoms with E-state index in [0.29, 0.717) is 11.3 Å². The van der Waals surface area contributed by atoms with Gasteiger partial charge >= 0.3 is 12.0 Å². The second kappa shape index (κ2) is 6.56. The highest BCUT2D eigenvalue weighted by atomic mass is 16.4. The first kappa shape index (κ1) is 14.6. The van der Waals surface area contributed by atoms with Crippen molar-refractivity contribution < 1.29 is 14.7 Å². The number of aryl methyl sites for hydroxylation is 1. The fourth-order valence-electron chi connectivity index (χ4n) is 1.87. The smallest absolute Gasteiger partial charge is 0.330 e. The van der Waals surface area contributed by atoms with E-state index in [1.807, 2.05) is 19.1 Å². The van der Waals surface area contributed by atoms with Crippen molar-refractivity contribution >= 4 is 17.7 Å². The van der Waals surface area contributed by atoms with Crippen molar-refractivity contribution in [1.82, 2.24) is 5.32 Å². The predicted molar refractivity (Wildman–Crippen MR) is 80.2 cm³/mol. The summed E-state index contributed by atoms with van der Waals surface area (Å²) in [6, 6.07) is 14.1. The Kier molecular flexibility index (Phi) is 4.56. The molecule has 1 atom stereocenters. The molecule has 0 saturated heterocycles. The third-order valence-electron chi connectivity index (χ3n) is 2.96. The van der Waals surface area contributed by atoms with E-state index in [1.165, 1.54) is 0 Å². The third-order valence-corrected chi connectivity index (χ3v) is 2.96. The molecule has 0 aliphatic carbocycles. The van der Waals surface area contributed by atoms with Crippen molar-refractivity contribution in [3.63, 3.8) is 0 Å². The molecule has 0 fully saturated rings. The summed E-state index contributed by atoms with van der Waals surface area (Å²) in [5.41, 5.74) is 2.20. The van der Waals surface area contributed by atoms with Crippen LogP contribution in [-0.4, -0.2) is 17.1 Å². The van der Waals surface area contributed by atoms with Crippen LogP contribution < -0.4 is 10.6 Å². The van der Waals surface area contributed by atoms with E-state index in [0.717, 1.165) is 5.56 Å². The van der Waals surface area contributed by atoms with Crippen LogP contribution in [0, 0.1) is 6.92 Å². The molecule has 0 aliphatic heterocycles. The van der Waals surface area contributed by atoms with Gasteiger partial charge in [-0.25, -0.2) is 9.59 Å². The molecule has 0 saturated carbocycles. The Morgan fingerprint density at radius 3 is 2.19 bits per heavy atom. The molecule has 0 bridgehead atoms.